The molecule has 1 fully saturated rings. The second-order valence-electron chi connectivity index (χ2n) is 5.68. The maximum absolute atomic E-state index is 12.6. The molecule has 1 saturated heterocycles. The average Bonchev–Trinajstić information content (AvgIpc) is 2.47. The summed E-state index contributed by atoms with van der Waals surface area (Å²) in [5.74, 6) is -0.437. The zero-order chi connectivity index (χ0) is 15.4. The predicted molar refractivity (Wildman–Crippen MR) is 84.4 cm³/mol. The van der Waals surface area contributed by atoms with E-state index in [9.17, 15) is 9.59 Å². The monoisotopic (exact) mass is 353 g/mol. The van der Waals surface area contributed by atoms with E-state index in [4.69, 9.17) is 5.11 Å². The molecule has 2 rings (SSSR count). The van der Waals surface area contributed by atoms with Crippen molar-refractivity contribution in [3.05, 3.63) is 33.8 Å². The molecule has 0 radical (unpaired) electrons. The Bertz CT molecular complexity index is 544. The molecule has 1 aromatic rings. The van der Waals surface area contributed by atoms with Crippen LogP contribution in [0.2, 0.25) is 0 Å². The smallest absolute Gasteiger partial charge is 0.303 e. The number of carboxylic acid groups (broad SMARTS) is 1. The van der Waals surface area contributed by atoms with Gasteiger partial charge in [0.05, 0.1) is 5.56 Å². The summed E-state index contributed by atoms with van der Waals surface area (Å²) in [4.78, 5) is 25.2. The maximum atomic E-state index is 12.6. The third-order valence-corrected chi connectivity index (χ3v) is 4.62. The largest absolute Gasteiger partial charge is 0.481 e. The first-order chi connectivity index (χ1) is 9.97. The first-order valence-electron chi connectivity index (χ1n) is 7.24. The van der Waals surface area contributed by atoms with Gasteiger partial charge in [-0.3, -0.25) is 9.59 Å². The normalized spacial score (nSPS) is 18.6. The Morgan fingerprint density at radius 3 is 2.90 bits per heavy atom. The summed E-state index contributed by atoms with van der Waals surface area (Å²) in [6.45, 7) is 3.38. The molecule has 1 unspecified atom stereocenters. The van der Waals surface area contributed by atoms with Crippen LogP contribution in [-0.4, -0.2) is 35.0 Å². The molecule has 1 amide bonds. The lowest BCUT2D eigenvalue weighted by Gasteiger charge is -2.33. The third-order valence-electron chi connectivity index (χ3n) is 3.92. The number of benzene rings is 1. The molecule has 0 bridgehead atoms. The SMILES string of the molecule is Cc1ccc(Br)c(C(=O)N2CCCC(CCC(=O)O)C2)c1. The fraction of sp³-hybridized carbons (Fsp3) is 0.500. The van der Waals surface area contributed by atoms with Crippen molar-refractivity contribution in [2.75, 3.05) is 13.1 Å². The van der Waals surface area contributed by atoms with Crippen molar-refractivity contribution < 1.29 is 14.7 Å². The Kier molecular flexibility index (Phi) is 5.39. The van der Waals surface area contributed by atoms with Crippen molar-refractivity contribution in [1.29, 1.82) is 0 Å². The van der Waals surface area contributed by atoms with Crippen molar-refractivity contribution in [1.82, 2.24) is 4.90 Å². The molecule has 0 aromatic heterocycles. The number of likely N-dealkylation sites (tertiary alicyclic amines) is 1. The third kappa shape index (κ3) is 4.30. The van der Waals surface area contributed by atoms with Crippen LogP contribution in [0.25, 0.3) is 0 Å². The van der Waals surface area contributed by atoms with E-state index in [0.717, 1.165) is 29.4 Å². The number of amides is 1. The van der Waals surface area contributed by atoms with E-state index in [0.29, 0.717) is 24.4 Å². The van der Waals surface area contributed by atoms with E-state index in [1.165, 1.54) is 0 Å². The lowest BCUT2D eigenvalue weighted by molar-refractivity contribution is -0.137. The highest BCUT2D eigenvalue weighted by Gasteiger charge is 2.25. The number of carboxylic acids is 1. The van der Waals surface area contributed by atoms with Crippen molar-refractivity contribution in [2.24, 2.45) is 5.92 Å². The number of aliphatic carboxylic acids is 1. The van der Waals surface area contributed by atoms with E-state index in [-0.39, 0.29) is 12.3 Å². The summed E-state index contributed by atoms with van der Waals surface area (Å²) in [5.41, 5.74) is 1.75. The molecule has 4 nitrogen and oxygen atoms in total. The molecule has 5 heteroatoms. The van der Waals surface area contributed by atoms with Crippen LogP contribution in [-0.2, 0) is 4.79 Å². The van der Waals surface area contributed by atoms with Crippen LogP contribution in [0.4, 0.5) is 0 Å². The maximum Gasteiger partial charge on any atom is 0.303 e. The highest BCUT2D eigenvalue weighted by atomic mass is 79.9. The second-order valence-corrected chi connectivity index (χ2v) is 6.53. The van der Waals surface area contributed by atoms with Gasteiger partial charge in [0.2, 0.25) is 0 Å². The van der Waals surface area contributed by atoms with Gasteiger partial charge in [-0.1, -0.05) is 11.6 Å². The number of carbonyl (C=O) groups is 2. The van der Waals surface area contributed by atoms with Crippen LogP contribution in [0.3, 0.4) is 0 Å². The molecule has 0 aliphatic carbocycles. The Morgan fingerprint density at radius 1 is 1.43 bits per heavy atom. The van der Waals surface area contributed by atoms with Gasteiger partial charge in [0.15, 0.2) is 0 Å². The summed E-state index contributed by atoms with van der Waals surface area (Å²) in [7, 11) is 0. The Hall–Kier alpha value is -1.36. The molecule has 1 aliphatic heterocycles. The lowest BCUT2D eigenvalue weighted by Crippen LogP contribution is -2.40. The first-order valence-corrected chi connectivity index (χ1v) is 8.04. The highest BCUT2D eigenvalue weighted by molar-refractivity contribution is 9.10. The molecule has 21 heavy (non-hydrogen) atoms. The molecule has 1 heterocycles. The molecule has 114 valence electrons. The molecule has 1 aromatic carbocycles. The minimum Gasteiger partial charge on any atom is -0.481 e. The number of hydrogen-bond acceptors (Lipinski definition) is 2. The van der Waals surface area contributed by atoms with Crippen LogP contribution >= 0.6 is 15.9 Å². The number of aryl methyl sites for hydroxylation is 1. The Morgan fingerprint density at radius 2 is 2.19 bits per heavy atom. The zero-order valence-electron chi connectivity index (χ0n) is 12.1. The van der Waals surface area contributed by atoms with Crippen molar-refractivity contribution >= 4 is 27.8 Å². The zero-order valence-corrected chi connectivity index (χ0v) is 13.7. The summed E-state index contributed by atoms with van der Waals surface area (Å²) in [6.07, 6.45) is 2.78. The summed E-state index contributed by atoms with van der Waals surface area (Å²) in [5, 5.41) is 8.78. The van der Waals surface area contributed by atoms with Crippen LogP contribution < -0.4 is 0 Å². The van der Waals surface area contributed by atoms with Gasteiger partial charge in [-0.15, -0.1) is 0 Å². The van der Waals surface area contributed by atoms with Crippen LogP contribution in [0.5, 0.6) is 0 Å². The van der Waals surface area contributed by atoms with Gasteiger partial charge in [0.25, 0.3) is 5.91 Å². The summed E-state index contributed by atoms with van der Waals surface area (Å²) < 4.78 is 0.811. The number of hydrogen-bond donors (Lipinski definition) is 1. The predicted octanol–water partition coefficient (Wildman–Crippen LogP) is 3.47. The van der Waals surface area contributed by atoms with E-state index in [1.807, 2.05) is 30.0 Å². The second kappa shape index (κ2) is 7.07. The van der Waals surface area contributed by atoms with Gasteiger partial charge in [-0.25, -0.2) is 0 Å². The minimum absolute atomic E-state index is 0.0330. The topological polar surface area (TPSA) is 57.6 Å². The van der Waals surface area contributed by atoms with Crippen LogP contribution in [0.15, 0.2) is 22.7 Å². The van der Waals surface area contributed by atoms with E-state index in [1.54, 1.807) is 0 Å². The fourth-order valence-electron chi connectivity index (χ4n) is 2.79. The van der Waals surface area contributed by atoms with E-state index < -0.39 is 5.97 Å². The van der Waals surface area contributed by atoms with E-state index >= 15 is 0 Å². The molecule has 1 atom stereocenters. The van der Waals surface area contributed by atoms with Crippen molar-refractivity contribution in [2.45, 2.75) is 32.6 Å². The number of halogens is 1. The van der Waals surface area contributed by atoms with Crippen LogP contribution in [0.1, 0.15) is 41.6 Å². The van der Waals surface area contributed by atoms with Gasteiger partial charge >= 0.3 is 5.97 Å². The lowest BCUT2D eigenvalue weighted by atomic mass is 9.93. The van der Waals surface area contributed by atoms with Gasteiger partial charge in [0, 0.05) is 24.0 Å². The molecule has 0 saturated carbocycles. The van der Waals surface area contributed by atoms with Gasteiger partial charge in [-0.2, -0.15) is 0 Å². The average molecular weight is 354 g/mol. The standard InChI is InChI=1S/C16H20BrNO3/c1-11-4-6-14(17)13(9-11)16(21)18-8-2-3-12(10-18)5-7-15(19)20/h4,6,9,12H,2-3,5,7-8,10H2,1H3,(H,19,20). The molecular formula is C16H20BrNO3. The Balaban J connectivity index is 2.05. The number of rotatable bonds is 4. The van der Waals surface area contributed by atoms with Gasteiger partial charge < -0.3 is 10.0 Å². The molecular weight excluding hydrogens is 334 g/mol. The molecule has 1 N–H and O–H groups in total. The Labute approximate surface area is 133 Å². The van der Waals surface area contributed by atoms with Crippen LogP contribution in [0, 0.1) is 12.8 Å². The summed E-state index contributed by atoms with van der Waals surface area (Å²) in [6, 6.07) is 5.76. The van der Waals surface area contributed by atoms with E-state index in [2.05, 4.69) is 15.9 Å². The highest BCUT2D eigenvalue weighted by Crippen LogP contribution is 2.25. The van der Waals surface area contributed by atoms with Gasteiger partial charge in [-0.05, 0) is 60.2 Å². The number of piperidine rings is 1. The van der Waals surface area contributed by atoms with Crippen molar-refractivity contribution in [3.63, 3.8) is 0 Å². The number of nitrogens with zero attached hydrogens (tertiary/aromatic N) is 1. The summed E-state index contributed by atoms with van der Waals surface area (Å²) >= 11 is 3.44. The number of carbonyl (C=O) groups excluding carboxylic acids is 1. The van der Waals surface area contributed by atoms with Gasteiger partial charge in [0.1, 0.15) is 0 Å². The molecule has 0 spiro atoms. The minimum atomic E-state index is -0.764. The first kappa shape index (κ1) is 16.0. The molecule has 1 aliphatic rings. The van der Waals surface area contributed by atoms with Crippen molar-refractivity contribution in [3.8, 4) is 0 Å². The fourth-order valence-corrected chi connectivity index (χ4v) is 3.20. The quantitative estimate of drug-likeness (QED) is 0.901.